The highest BCUT2D eigenvalue weighted by atomic mass is 79.9. The Balaban J connectivity index is 2.32. The van der Waals surface area contributed by atoms with Gasteiger partial charge in [0.05, 0.1) is 32.3 Å². The van der Waals surface area contributed by atoms with Gasteiger partial charge in [-0.1, -0.05) is 15.9 Å². The lowest BCUT2D eigenvalue weighted by Crippen LogP contribution is -2.08. The molecule has 0 unspecified atom stereocenters. The third-order valence-corrected chi connectivity index (χ3v) is 4.81. The van der Waals surface area contributed by atoms with Crippen molar-refractivity contribution >= 4 is 37.7 Å². The number of ether oxygens (including phenoxy) is 3. The molecule has 0 radical (unpaired) electrons. The second kappa shape index (κ2) is 8.26. The molecule has 0 heterocycles. The first kappa shape index (κ1) is 19.1. The zero-order valence-corrected chi connectivity index (χ0v) is 16.3. The number of rotatable bonds is 7. The van der Waals surface area contributed by atoms with Crippen molar-refractivity contribution in [2.75, 3.05) is 26.1 Å². The second-order valence-electron chi connectivity index (χ2n) is 4.90. The zero-order valence-electron chi connectivity index (χ0n) is 13.9. The maximum Gasteiger partial charge on any atom is 0.255 e. The number of sulfonamides is 1. The molecular formula is C17H18BrNO5S. The van der Waals surface area contributed by atoms with Gasteiger partial charge in [-0.05, 0) is 30.3 Å². The van der Waals surface area contributed by atoms with Gasteiger partial charge in [0.1, 0.15) is 17.2 Å². The van der Waals surface area contributed by atoms with E-state index in [4.69, 9.17) is 14.2 Å². The number of hydrogen-bond donors (Lipinski definition) is 1. The van der Waals surface area contributed by atoms with Crippen LogP contribution in [0.25, 0.3) is 6.08 Å². The fourth-order valence-electron chi connectivity index (χ4n) is 2.07. The Labute approximate surface area is 155 Å². The zero-order chi connectivity index (χ0) is 18.4. The molecule has 0 spiro atoms. The Morgan fingerprint density at radius 3 is 2.00 bits per heavy atom. The number of methoxy groups -OCH3 is 3. The van der Waals surface area contributed by atoms with Gasteiger partial charge in [0.2, 0.25) is 0 Å². The molecule has 2 rings (SSSR count). The van der Waals surface area contributed by atoms with Crippen molar-refractivity contribution in [3.63, 3.8) is 0 Å². The van der Waals surface area contributed by atoms with Crippen molar-refractivity contribution in [1.82, 2.24) is 0 Å². The van der Waals surface area contributed by atoms with E-state index < -0.39 is 10.0 Å². The lowest BCUT2D eigenvalue weighted by atomic mass is 10.1. The minimum atomic E-state index is -3.70. The van der Waals surface area contributed by atoms with Gasteiger partial charge in [-0.3, -0.25) is 4.72 Å². The molecule has 0 aliphatic carbocycles. The van der Waals surface area contributed by atoms with Crippen molar-refractivity contribution in [2.45, 2.75) is 0 Å². The summed E-state index contributed by atoms with van der Waals surface area (Å²) in [5.41, 5.74) is 0.952. The molecule has 2 aromatic rings. The van der Waals surface area contributed by atoms with Crippen LogP contribution in [0.3, 0.4) is 0 Å². The van der Waals surface area contributed by atoms with Crippen LogP contribution in [0.2, 0.25) is 0 Å². The maximum atomic E-state index is 12.3. The van der Waals surface area contributed by atoms with Gasteiger partial charge in [-0.2, -0.15) is 0 Å². The molecule has 0 saturated carbocycles. The largest absolute Gasteiger partial charge is 0.496 e. The van der Waals surface area contributed by atoms with Gasteiger partial charge in [0.25, 0.3) is 10.0 Å². The molecule has 1 N–H and O–H groups in total. The van der Waals surface area contributed by atoms with Crippen LogP contribution < -0.4 is 18.9 Å². The van der Waals surface area contributed by atoms with Crippen LogP contribution in [0.15, 0.2) is 46.3 Å². The number of benzene rings is 2. The first-order valence-corrected chi connectivity index (χ1v) is 9.49. The predicted octanol–water partition coefficient (Wildman–Crippen LogP) is 3.89. The van der Waals surface area contributed by atoms with E-state index in [9.17, 15) is 8.42 Å². The van der Waals surface area contributed by atoms with Crippen molar-refractivity contribution in [3.05, 3.63) is 51.8 Å². The van der Waals surface area contributed by atoms with Gasteiger partial charge >= 0.3 is 0 Å². The molecule has 2 aromatic carbocycles. The Bertz CT molecular complexity index is 838. The average Bonchev–Trinajstić information content (AvgIpc) is 2.61. The van der Waals surface area contributed by atoms with E-state index in [1.54, 1.807) is 36.4 Å². The first-order valence-electron chi connectivity index (χ1n) is 7.15. The van der Waals surface area contributed by atoms with E-state index in [-0.39, 0.29) is 0 Å². The minimum Gasteiger partial charge on any atom is -0.496 e. The van der Waals surface area contributed by atoms with Crippen LogP contribution in [0.4, 0.5) is 5.69 Å². The number of nitrogens with one attached hydrogen (secondary N) is 1. The van der Waals surface area contributed by atoms with E-state index in [0.29, 0.717) is 28.5 Å². The summed E-state index contributed by atoms with van der Waals surface area (Å²) in [6.07, 6.45) is 1.41. The van der Waals surface area contributed by atoms with E-state index >= 15 is 0 Å². The summed E-state index contributed by atoms with van der Waals surface area (Å²) in [6, 6.07) is 10.1. The summed E-state index contributed by atoms with van der Waals surface area (Å²) < 4.78 is 43.6. The summed E-state index contributed by atoms with van der Waals surface area (Å²) in [7, 11) is 0.797. The lowest BCUT2D eigenvalue weighted by molar-refractivity contribution is 0.374. The predicted molar refractivity (Wildman–Crippen MR) is 102 cm³/mol. The monoisotopic (exact) mass is 427 g/mol. The summed E-state index contributed by atoms with van der Waals surface area (Å²) in [5.74, 6) is 1.42. The molecule has 0 amide bonds. The quantitative estimate of drug-likeness (QED) is 0.725. The van der Waals surface area contributed by atoms with Crippen LogP contribution in [-0.2, 0) is 10.0 Å². The summed E-state index contributed by atoms with van der Waals surface area (Å²) in [6.45, 7) is 0. The molecule has 0 aromatic heterocycles. The van der Waals surface area contributed by atoms with E-state index in [2.05, 4.69) is 20.7 Å². The Hall–Kier alpha value is -2.19. The SMILES string of the molecule is COc1cc(OC)c(/C=C/S(=O)(=O)Nc2ccc(Br)cc2)c(OC)c1. The third kappa shape index (κ3) is 5.14. The summed E-state index contributed by atoms with van der Waals surface area (Å²) in [5, 5.41) is 1.06. The molecule has 0 atom stereocenters. The van der Waals surface area contributed by atoms with Gasteiger partial charge in [-0.15, -0.1) is 0 Å². The van der Waals surface area contributed by atoms with Gasteiger partial charge in [0.15, 0.2) is 0 Å². The topological polar surface area (TPSA) is 73.9 Å². The van der Waals surface area contributed by atoms with E-state index in [0.717, 1.165) is 9.88 Å². The van der Waals surface area contributed by atoms with Crippen molar-refractivity contribution < 1.29 is 22.6 Å². The van der Waals surface area contributed by atoms with Gasteiger partial charge < -0.3 is 14.2 Å². The van der Waals surface area contributed by atoms with E-state index in [1.807, 2.05) is 0 Å². The molecule has 0 aliphatic rings. The second-order valence-corrected chi connectivity index (χ2v) is 7.38. The molecule has 6 nitrogen and oxygen atoms in total. The first-order chi connectivity index (χ1) is 11.9. The standard InChI is InChI=1S/C17H18BrNO5S/c1-22-14-10-16(23-2)15(17(11-14)24-3)8-9-25(20,21)19-13-6-4-12(18)5-7-13/h4-11,19H,1-3H3/b9-8+. The average molecular weight is 428 g/mol. The highest BCUT2D eigenvalue weighted by molar-refractivity contribution is 9.10. The van der Waals surface area contributed by atoms with Crippen LogP contribution in [-0.4, -0.2) is 29.7 Å². The molecule has 134 valence electrons. The van der Waals surface area contributed by atoms with Crippen molar-refractivity contribution in [2.24, 2.45) is 0 Å². The number of halogens is 1. The number of hydrogen-bond acceptors (Lipinski definition) is 5. The van der Waals surface area contributed by atoms with Crippen LogP contribution in [0.1, 0.15) is 5.56 Å². The summed E-state index contributed by atoms with van der Waals surface area (Å²) >= 11 is 3.30. The molecule has 0 bridgehead atoms. The molecule has 0 aliphatic heterocycles. The summed E-state index contributed by atoms with van der Waals surface area (Å²) in [4.78, 5) is 0. The van der Waals surface area contributed by atoms with Crippen molar-refractivity contribution in [1.29, 1.82) is 0 Å². The van der Waals surface area contributed by atoms with Crippen molar-refractivity contribution in [3.8, 4) is 17.2 Å². The minimum absolute atomic E-state index is 0.436. The molecular weight excluding hydrogens is 410 g/mol. The van der Waals surface area contributed by atoms with Gasteiger partial charge in [-0.25, -0.2) is 8.42 Å². The molecule has 8 heteroatoms. The normalized spacial score (nSPS) is 11.4. The van der Waals surface area contributed by atoms with Gasteiger partial charge in [0, 0.05) is 22.3 Å². The maximum absolute atomic E-state index is 12.3. The smallest absolute Gasteiger partial charge is 0.255 e. The number of anilines is 1. The Morgan fingerprint density at radius 1 is 0.960 bits per heavy atom. The Morgan fingerprint density at radius 2 is 1.52 bits per heavy atom. The molecule has 25 heavy (non-hydrogen) atoms. The van der Waals surface area contributed by atoms with Crippen LogP contribution in [0, 0.1) is 0 Å². The Kier molecular flexibility index (Phi) is 6.33. The third-order valence-electron chi connectivity index (χ3n) is 3.27. The van der Waals surface area contributed by atoms with Crippen LogP contribution >= 0.6 is 15.9 Å². The highest BCUT2D eigenvalue weighted by Gasteiger charge is 2.13. The fraction of sp³-hybridized carbons (Fsp3) is 0.176. The molecule has 0 saturated heterocycles. The van der Waals surface area contributed by atoms with E-state index in [1.165, 1.54) is 27.4 Å². The lowest BCUT2D eigenvalue weighted by Gasteiger charge is -2.12. The highest BCUT2D eigenvalue weighted by Crippen LogP contribution is 2.35. The fourth-order valence-corrected chi connectivity index (χ4v) is 3.18. The van der Waals surface area contributed by atoms with Crippen LogP contribution in [0.5, 0.6) is 17.2 Å². The molecule has 0 fully saturated rings.